The van der Waals surface area contributed by atoms with Crippen molar-refractivity contribution in [1.29, 1.82) is 0 Å². The van der Waals surface area contributed by atoms with Gasteiger partial charge < -0.3 is 21.1 Å². The lowest BCUT2D eigenvalue weighted by molar-refractivity contribution is -0.142. The number of carbonyl (C=O) groups excluding carboxylic acids is 2. The van der Waals surface area contributed by atoms with Gasteiger partial charge in [0.2, 0.25) is 5.91 Å². The highest BCUT2D eigenvalue weighted by atomic mass is 32.2. The van der Waals surface area contributed by atoms with Crippen molar-refractivity contribution < 1.29 is 19.5 Å². The lowest BCUT2D eigenvalue weighted by Gasteiger charge is -2.26. The highest BCUT2D eigenvalue weighted by Crippen LogP contribution is 2.33. The Morgan fingerprint density at radius 3 is 2.64 bits per heavy atom. The number of carboxylic acid groups (broad SMARTS) is 1. The molecule has 7 nitrogen and oxygen atoms in total. The number of thioether (sulfide) groups is 1. The van der Waals surface area contributed by atoms with E-state index in [0.717, 1.165) is 37.9 Å². The maximum atomic E-state index is 12.0. The van der Waals surface area contributed by atoms with Crippen molar-refractivity contribution in [3.63, 3.8) is 0 Å². The van der Waals surface area contributed by atoms with E-state index in [1.54, 1.807) is 0 Å². The van der Waals surface area contributed by atoms with Gasteiger partial charge in [-0.25, -0.2) is 4.79 Å². The summed E-state index contributed by atoms with van der Waals surface area (Å²) >= 11 is 1.90. The van der Waals surface area contributed by atoms with Crippen LogP contribution in [0.25, 0.3) is 0 Å². The van der Waals surface area contributed by atoms with Crippen LogP contribution in [0, 0.1) is 5.92 Å². The van der Waals surface area contributed by atoms with Gasteiger partial charge in [0.15, 0.2) is 0 Å². The number of nitrogens with one attached hydrogen (secondary N) is 3. The van der Waals surface area contributed by atoms with E-state index in [9.17, 15) is 14.4 Å². The summed E-state index contributed by atoms with van der Waals surface area (Å²) in [7, 11) is 0. The molecule has 3 fully saturated rings. The maximum absolute atomic E-state index is 12.0. The number of amides is 3. The molecule has 2 saturated heterocycles. The number of unbranched alkanes of at least 4 members (excludes halogenated alkanes) is 1. The van der Waals surface area contributed by atoms with E-state index in [0.29, 0.717) is 24.5 Å². The monoisotopic (exact) mass is 369 g/mol. The number of carbonyl (C=O) groups is 3. The minimum atomic E-state index is -0.717. The Bertz CT molecular complexity index is 522. The van der Waals surface area contributed by atoms with Crippen molar-refractivity contribution in [2.75, 3.05) is 5.75 Å². The molecule has 0 aromatic rings. The average molecular weight is 369 g/mol. The zero-order valence-electron chi connectivity index (χ0n) is 14.3. The molecular weight excluding hydrogens is 342 g/mol. The number of aliphatic carboxylic acids is 1. The lowest BCUT2D eigenvalue weighted by Crippen LogP contribution is -2.38. The SMILES string of the molecule is O=C(CCCCC1SCC2NC(=O)NC21)NC1CCC(C(=O)O)CC1. The van der Waals surface area contributed by atoms with Gasteiger partial charge in [-0.2, -0.15) is 11.8 Å². The molecule has 3 aliphatic rings. The molecule has 3 atom stereocenters. The number of hydrogen-bond acceptors (Lipinski definition) is 4. The summed E-state index contributed by atoms with van der Waals surface area (Å²) in [6.45, 7) is 0. The minimum Gasteiger partial charge on any atom is -0.481 e. The second-order valence-electron chi connectivity index (χ2n) is 7.32. The normalized spacial score (nSPS) is 34.1. The third-order valence-electron chi connectivity index (χ3n) is 5.52. The summed E-state index contributed by atoms with van der Waals surface area (Å²) in [5, 5.41) is 18.4. The van der Waals surface area contributed by atoms with Gasteiger partial charge in [0.1, 0.15) is 0 Å². The third-order valence-corrected chi connectivity index (χ3v) is 7.03. The lowest BCUT2D eigenvalue weighted by atomic mass is 9.86. The number of hydrogen-bond donors (Lipinski definition) is 4. The van der Waals surface area contributed by atoms with E-state index in [2.05, 4.69) is 16.0 Å². The van der Waals surface area contributed by atoms with Crippen LogP contribution >= 0.6 is 11.8 Å². The second-order valence-corrected chi connectivity index (χ2v) is 8.59. The van der Waals surface area contributed by atoms with E-state index in [1.807, 2.05) is 11.8 Å². The first-order valence-corrected chi connectivity index (χ1v) is 10.3. The summed E-state index contributed by atoms with van der Waals surface area (Å²) in [6, 6.07) is 0.564. The zero-order valence-corrected chi connectivity index (χ0v) is 15.1. The number of rotatable bonds is 7. The quantitative estimate of drug-likeness (QED) is 0.402. The molecule has 0 bridgehead atoms. The highest BCUT2D eigenvalue weighted by Gasteiger charge is 2.42. The molecule has 3 unspecified atom stereocenters. The fraction of sp³-hybridized carbons (Fsp3) is 0.824. The van der Waals surface area contributed by atoms with Crippen LogP contribution in [0.2, 0.25) is 0 Å². The third kappa shape index (κ3) is 4.80. The molecule has 0 aromatic heterocycles. The summed E-state index contributed by atoms with van der Waals surface area (Å²) in [6.07, 6.45) is 6.21. The van der Waals surface area contributed by atoms with E-state index >= 15 is 0 Å². The van der Waals surface area contributed by atoms with Crippen molar-refractivity contribution in [1.82, 2.24) is 16.0 Å². The topological polar surface area (TPSA) is 108 Å². The number of carboxylic acids is 1. The van der Waals surface area contributed by atoms with Crippen LogP contribution in [0.4, 0.5) is 4.79 Å². The van der Waals surface area contributed by atoms with Gasteiger partial charge in [-0.1, -0.05) is 6.42 Å². The maximum Gasteiger partial charge on any atom is 0.315 e. The molecule has 0 spiro atoms. The molecule has 140 valence electrons. The summed E-state index contributed by atoms with van der Waals surface area (Å²) in [5.74, 6) is 0.0802. The van der Waals surface area contributed by atoms with Crippen LogP contribution in [0.1, 0.15) is 51.4 Å². The Kier molecular flexibility index (Phi) is 6.09. The molecular formula is C17H27N3O4S. The van der Waals surface area contributed by atoms with Crippen LogP contribution in [0.15, 0.2) is 0 Å². The number of fused-ring (bicyclic) bond motifs is 1. The van der Waals surface area contributed by atoms with Gasteiger partial charge in [-0.15, -0.1) is 0 Å². The van der Waals surface area contributed by atoms with Gasteiger partial charge in [0.05, 0.1) is 18.0 Å². The molecule has 3 rings (SSSR count). The second kappa shape index (κ2) is 8.29. The van der Waals surface area contributed by atoms with E-state index in [1.165, 1.54) is 0 Å². The van der Waals surface area contributed by atoms with Crippen molar-refractivity contribution >= 4 is 29.7 Å². The molecule has 2 aliphatic heterocycles. The predicted molar refractivity (Wildman–Crippen MR) is 95.5 cm³/mol. The highest BCUT2D eigenvalue weighted by molar-refractivity contribution is 8.00. The Balaban J connectivity index is 1.27. The number of urea groups is 1. The van der Waals surface area contributed by atoms with Crippen LogP contribution in [0.5, 0.6) is 0 Å². The van der Waals surface area contributed by atoms with E-state index in [-0.39, 0.29) is 36.0 Å². The average Bonchev–Trinajstić information content (AvgIpc) is 3.11. The van der Waals surface area contributed by atoms with Gasteiger partial charge in [-0.3, -0.25) is 9.59 Å². The summed E-state index contributed by atoms with van der Waals surface area (Å²) in [5.41, 5.74) is 0. The van der Waals surface area contributed by atoms with Gasteiger partial charge in [-0.05, 0) is 38.5 Å². The van der Waals surface area contributed by atoms with Crippen LogP contribution < -0.4 is 16.0 Å². The van der Waals surface area contributed by atoms with Crippen LogP contribution in [-0.4, -0.2) is 52.1 Å². The molecule has 1 aliphatic carbocycles. The first-order valence-electron chi connectivity index (χ1n) is 9.23. The Labute approximate surface area is 152 Å². The zero-order chi connectivity index (χ0) is 17.8. The smallest absolute Gasteiger partial charge is 0.315 e. The minimum absolute atomic E-state index is 0.0581. The molecule has 3 amide bonds. The fourth-order valence-corrected chi connectivity index (χ4v) is 5.60. The first kappa shape index (κ1) is 18.4. The summed E-state index contributed by atoms with van der Waals surface area (Å²) in [4.78, 5) is 34.3. The molecule has 25 heavy (non-hydrogen) atoms. The predicted octanol–water partition coefficient (Wildman–Crippen LogP) is 1.47. The van der Waals surface area contributed by atoms with E-state index < -0.39 is 5.97 Å². The molecule has 0 aromatic carbocycles. The van der Waals surface area contributed by atoms with Crippen molar-refractivity contribution in [2.45, 2.75) is 74.7 Å². The molecule has 1 saturated carbocycles. The van der Waals surface area contributed by atoms with Crippen LogP contribution in [0.3, 0.4) is 0 Å². The van der Waals surface area contributed by atoms with E-state index in [4.69, 9.17) is 5.11 Å². The first-order chi connectivity index (χ1) is 12.0. The summed E-state index contributed by atoms with van der Waals surface area (Å²) < 4.78 is 0. The largest absolute Gasteiger partial charge is 0.481 e. The van der Waals surface area contributed by atoms with Crippen molar-refractivity contribution in [2.24, 2.45) is 5.92 Å². The standard InChI is InChI=1S/C17H27N3O4S/c21-14(18-11-7-5-10(6-8-11)16(22)23)4-2-1-3-13-15-12(9-25-13)19-17(24)20-15/h10-13,15H,1-9H2,(H,18,21)(H,22,23)(H2,19,20,24). The van der Waals surface area contributed by atoms with Gasteiger partial charge >= 0.3 is 12.0 Å². The van der Waals surface area contributed by atoms with Crippen molar-refractivity contribution in [3.8, 4) is 0 Å². The molecule has 8 heteroatoms. The van der Waals surface area contributed by atoms with Gasteiger partial charge in [0.25, 0.3) is 0 Å². The molecule has 4 N–H and O–H groups in total. The molecule has 0 radical (unpaired) electrons. The Morgan fingerprint density at radius 2 is 1.92 bits per heavy atom. The van der Waals surface area contributed by atoms with Gasteiger partial charge in [0, 0.05) is 23.5 Å². The fourth-order valence-electron chi connectivity index (χ4n) is 4.06. The van der Waals surface area contributed by atoms with Crippen molar-refractivity contribution in [3.05, 3.63) is 0 Å². The van der Waals surface area contributed by atoms with Crippen LogP contribution in [-0.2, 0) is 9.59 Å². The Morgan fingerprint density at radius 1 is 1.16 bits per heavy atom. The Hall–Kier alpha value is -1.44. The molecule has 2 heterocycles.